The van der Waals surface area contributed by atoms with Crippen LogP contribution in [0, 0.1) is 5.41 Å². The standard InChI is InChI=1S/C2H7N.C2H6.C2H4.CH3N/c1-2-3;3*1-2/h2-3H2,1H3;1-2H3;1-2H2;2H,1H2. The SMILES string of the molecule is C=C.C=N.CC.CCN. The molecule has 0 aromatic heterocycles. The molecule has 3 N–H and O–H groups in total. The van der Waals surface area contributed by atoms with Crippen LogP contribution in [0.25, 0.3) is 0 Å². The third-order valence-electron chi connectivity index (χ3n) is 0. The summed E-state index contributed by atoms with van der Waals surface area (Å²) < 4.78 is 0. The fraction of sp³-hybridized carbons (Fsp3) is 0.571. The quantitative estimate of drug-likeness (QED) is 0.384. The Morgan fingerprint density at radius 3 is 1.22 bits per heavy atom. The van der Waals surface area contributed by atoms with Crippen LogP contribution in [0.5, 0.6) is 0 Å². The van der Waals surface area contributed by atoms with Gasteiger partial charge in [0, 0.05) is 0 Å². The van der Waals surface area contributed by atoms with Crippen molar-refractivity contribution in [3.8, 4) is 0 Å². The molecule has 0 fully saturated rings. The third kappa shape index (κ3) is 535. The van der Waals surface area contributed by atoms with Gasteiger partial charge in [-0.05, 0) is 13.3 Å². The highest BCUT2D eigenvalue weighted by atomic mass is 14.5. The molecule has 9 heavy (non-hydrogen) atoms. The minimum Gasteiger partial charge on any atom is -0.331 e. The van der Waals surface area contributed by atoms with E-state index in [-0.39, 0.29) is 0 Å². The molecule has 0 aliphatic carbocycles. The number of nitrogens with two attached hydrogens (primary N) is 1. The summed E-state index contributed by atoms with van der Waals surface area (Å²) in [7, 11) is 0. The van der Waals surface area contributed by atoms with Crippen LogP contribution in [0.2, 0.25) is 0 Å². The van der Waals surface area contributed by atoms with Gasteiger partial charge in [-0.2, -0.15) is 0 Å². The summed E-state index contributed by atoms with van der Waals surface area (Å²) in [6, 6.07) is 0. The van der Waals surface area contributed by atoms with Gasteiger partial charge in [-0.3, -0.25) is 0 Å². The largest absolute Gasteiger partial charge is 0.331 e. The van der Waals surface area contributed by atoms with Crippen LogP contribution in [0.3, 0.4) is 0 Å². The normalized spacial score (nSPS) is 3.56. The van der Waals surface area contributed by atoms with Crippen molar-refractivity contribution in [3.63, 3.8) is 0 Å². The molecule has 2 heteroatoms. The lowest BCUT2D eigenvalue weighted by molar-refractivity contribution is 1.14. The van der Waals surface area contributed by atoms with Gasteiger partial charge in [-0.25, -0.2) is 0 Å². The molecular weight excluding hydrogens is 112 g/mol. The zero-order valence-corrected chi connectivity index (χ0v) is 6.91. The molecule has 0 radical (unpaired) electrons. The summed E-state index contributed by atoms with van der Waals surface area (Å²) in [4.78, 5) is 0. The topological polar surface area (TPSA) is 49.9 Å². The Kier molecular flexibility index (Phi) is 5780. The molecule has 0 rings (SSSR count). The first-order valence-electron chi connectivity index (χ1n) is 2.97. The van der Waals surface area contributed by atoms with E-state index in [4.69, 9.17) is 11.1 Å². The first-order chi connectivity index (χ1) is 4.41. The molecule has 0 aromatic carbocycles. The zero-order chi connectivity index (χ0) is 8.71. The Hall–Kier alpha value is -0.630. The Morgan fingerprint density at radius 2 is 1.22 bits per heavy atom. The first kappa shape index (κ1) is 23.8. The summed E-state index contributed by atoms with van der Waals surface area (Å²) in [5.74, 6) is 0. The van der Waals surface area contributed by atoms with Crippen LogP contribution in [-0.4, -0.2) is 13.3 Å². The van der Waals surface area contributed by atoms with Gasteiger partial charge < -0.3 is 11.1 Å². The Balaban J connectivity index is -0.0000000190. The highest BCUT2D eigenvalue weighted by molar-refractivity contribution is 5.15. The van der Waals surface area contributed by atoms with E-state index in [9.17, 15) is 0 Å². The molecule has 0 atom stereocenters. The molecule has 0 saturated heterocycles. The molecule has 0 aromatic rings. The zero-order valence-electron chi connectivity index (χ0n) is 6.91. The summed E-state index contributed by atoms with van der Waals surface area (Å²) in [5.41, 5.74) is 4.85. The van der Waals surface area contributed by atoms with Crippen molar-refractivity contribution < 1.29 is 0 Å². The summed E-state index contributed by atoms with van der Waals surface area (Å²) in [6.07, 6.45) is 0. The molecular formula is C7H20N2. The second kappa shape index (κ2) is 2180. The lowest BCUT2D eigenvalue weighted by Gasteiger charge is -1.53. The van der Waals surface area contributed by atoms with Crippen molar-refractivity contribution >= 4 is 6.72 Å². The molecule has 58 valence electrons. The molecule has 0 bridgehead atoms. The van der Waals surface area contributed by atoms with Crippen molar-refractivity contribution in [2.75, 3.05) is 6.54 Å². The van der Waals surface area contributed by atoms with Crippen LogP contribution in [0.4, 0.5) is 0 Å². The fourth-order valence-electron chi connectivity index (χ4n) is 0. The van der Waals surface area contributed by atoms with Crippen molar-refractivity contribution in [1.29, 1.82) is 5.41 Å². The molecule has 0 saturated carbocycles. The van der Waals surface area contributed by atoms with Crippen LogP contribution < -0.4 is 5.73 Å². The minimum atomic E-state index is 0.750. The smallest absolute Gasteiger partial charge is 0.0106 e. The maximum Gasteiger partial charge on any atom is -0.0106 e. The second-order valence-electron chi connectivity index (χ2n) is 0.408. The number of nitrogens with one attached hydrogen (secondary N) is 1. The Labute approximate surface area is 59.3 Å². The summed E-state index contributed by atoms with van der Waals surface area (Å²) >= 11 is 0. The van der Waals surface area contributed by atoms with Crippen molar-refractivity contribution in [2.45, 2.75) is 20.8 Å². The van der Waals surface area contributed by atoms with Crippen LogP contribution in [-0.2, 0) is 0 Å². The summed E-state index contributed by atoms with van der Waals surface area (Å²) in [5, 5.41) is 5.50. The van der Waals surface area contributed by atoms with Gasteiger partial charge in [-0.1, -0.05) is 20.8 Å². The van der Waals surface area contributed by atoms with Crippen molar-refractivity contribution in [2.24, 2.45) is 5.73 Å². The number of hydrogen-bond acceptors (Lipinski definition) is 2. The predicted molar refractivity (Wildman–Crippen MR) is 47.2 cm³/mol. The second-order valence-corrected chi connectivity index (χ2v) is 0.408. The van der Waals surface area contributed by atoms with Crippen LogP contribution in [0.1, 0.15) is 20.8 Å². The molecule has 0 spiro atoms. The van der Waals surface area contributed by atoms with E-state index in [2.05, 4.69) is 19.9 Å². The van der Waals surface area contributed by atoms with Gasteiger partial charge in [0.1, 0.15) is 0 Å². The lowest BCUT2D eigenvalue weighted by atomic mass is 10.8. The number of hydrogen-bond donors (Lipinski definition) is 2. The predicted octanol–water partition coefficient (Wildman–Crippen LogP) is 2.06. The van der Waals surface area contributed by atoms with Crippen molar-refractivity contribution in [1.82, 2.24) is 0 Å². The van der Waals surface area contributed by atoms with Gasteiger partial charge in [0.2, 0.25) is 0 Å². The van der Waals surface area contributed by atoms with E-state index in [0.29, 0.717) is 0 Å². The maximum atomic E-state index is 5.50. The molecule has 0 heterocycles. The highest BCUT2D eigenvalue weighted by Gasteiger charge is 1.32. The molecule has 0 aliphatic heterocycles. The number of rotatable bonds is 0. The van der Waals surface area contributed by atoms with E-state index >= 15 is 0 Å². The van der Waals surface area contributed by atoms with Crippen LogP contribution >= 0.6 is 0 Å². The fourth-order valence-corrected chi connectivity index (χ4v) is 0. The minimum absolute atomic E-state index is 0.750. The Morgan fingerprint density at radius 1 is 1.22 bits per heavy atom. The molecule has 0 aliphatic rings. The highest BCUT2D eigenvalue weighted by Crippen LogP contribution is 1.20. The van der Waals surface area contributed by atoms with Crippen LogP contribution in [0.15, 0.2) is 13.2 Å². The van der Waals surface area contributed by atoms with Gasteiger partial charge in [0.05, 0.1) is 0 Å². The van der Waals surface area contributed by atoms with E-state index in [0.717, 1.165) is 6.54 Å². The maximum absolute atomic E-state index is 5.50. The lowest BCUT2D eigenvalue weighted by Crippen LogP contribution is -1.87. The summed E-state index contributed by atoms with van der Waals surface area (Å²) in [6.45, 7) is 15.2. The van der Waals surface area contributed by atoms with E-state index in [1.165, 1.54) is 0 Å². The van der Waals surface area contributed by atoms with Gasteiger partial charge >= 0.3 is 0 Å². The van der Waals surface area contributed by atoms with Gasteiger partial charge in [0.15, 0.2) is 0 Å². The van der Waals surface area contributed by atoms with E-state index in [1.54, 1.807) is 0 Å². The average molecular weight is 132 g/mol. The molecule has 2 nitrogen and oxygen atoms in total. The monoisotopic (exact) mass is 132 g/mol. The molecule has 0 amide bonds. The van der Waals surface area contributed by atoms with E-state index in [1.807, 2.05) is 20.8 Å². The Bertz CT molecular complexity index is 14.4. The van der Waals surface area contributed by atoms with Gasteiger partial charge in [-0.15, -0.1) is 13.2 Å². The van der Waals surface area contributed by atoms with Crippen molar-refractivity contribution in [3.05, 3.63) is 13.2 Å². The first-order valence-corrected chi connectivity index (χ1v) is 2.97. The third-order valence-corrected chi connectivity index (χ3v) is 0. The molecule has 0 unspecified atom stereocenters. The van der Waals surface area contributed by atoms with E-state index < -0.39 is 0 Å². The average Bonchev–Trinajstić information content (AvgIpc) is 2.01. The van der Waals surface area contributed by atoms with Gasteiger partial charge in [0.25, 0.3) is 0 Å².